The summed E-state index contributed by atoms with van der Waals surface area (Å²) in [6.07, 6.45) is 0. The summed E-state index contributed by atoms with van der Waals surface area (Å²) in [4.78, 5) is 15.3. The molecule has 0 amide bonds. The van der Waals surface area contributed by atoms with E-state index in [1.165, 1.54) is 38.1 Å². The fraction of sp³-hybridized carbons (Fsp3) is 0. The van der Waals surface area contributed by atoms with E-state index >= 15 is 0 Å². The van der Waals surface area contributed by atoms with Crippen LogP contribution in [0.15, 0.2) is 194 Å². The third-order valence-corrected chi connectivity index (χ3v) is 10.1. The van der Waals surface area contributed by atoms with Crippen molar-refractivity contribution in [3.05, 3.63) is 194 Å². The molecule has 4 nitrogen and oxygen atoms in total. The van der Waals surface area contributed by atoms with Gasteiger partial charge in [0.05, 0.1) is 11.0 Å². The molecule has 0 radical (unpaired) electrons. The minimum atomic E-state index is 0.630. The predicted octanol–water partition coefficient (Wildman–Crippen LogP) is 12.5. The zero-order chi connectivity index (χ0) is 35.1. The molecule has 0 spiro atoms. The van der Waals surface area contributed by atoms with Crippen molar-refractivity contribution >= 4 is 32.6 Å². The number of aromatic nitrogens is 4. The molecule has 0 aliphatic heterocycles. The molecule has 10 aromatic rings. The molecule has 248 valence electrons. The Morgan fingerprint density at radius 3 is 1.57 bits per heavy atom. The van der Waals surface area contributed by atoms with Gasteiger partial charge < -0.3 is 4.57 Å². The van der Waals surface area contributed by atoms with E-state index in [0.29, 0.717) is 17.5 Å². The molecule has 0 saturated carbocycles. The molecule has 4 heteroatoms. The van der Waals surface area contributed by atoms with Crippen molar-refractivity contribution in [1.82, 2.24) is 19.5 Å². The SMILES string of the molecule is c1ccc(-c2nc(-c3ccc(-c4ccc5ccccc5c4)cc3)nc(-c3ccccc3-c3cccc(-n4c5ccccc5c5ccccc54)c3)n2)cc1. The zero-order valence-electron chi connectivity index (χ0n) is 28.8. The minimum Gasteiger partial charge on any atom is -0.309 e. The quantitative estimate of drug-likeness (QED) is 0.176. The fourth-order valence-corrected chi connectivity index (χ4v) is 7.47. The van der Waals surface area contributed by atoms with Crippen LogP contribution in [0.25, 0.3) is 94.7 Å². The van der Waals surface area contributed by atoms with Crippen LogP contribution in [0.5, 0.6) is 0 Å². The van der Waals surface area contributed by atoms with Gasteiger partial charge in [-0.05, 0) is 63.4 Å². The lowest BCUT2D eigenvalue weighted by molar-refractivity contribution is 1.07. The van der Waals surface area contributed by atoms with Crippen molar-refractivity contribution < 1.29 is 0 Å². The van der Waals surface area contributed by atoms with Crippen molar-refractivity contribution in [2.24, 2.45) is 0 Å². The smallest absolute Gasteiger partial charge is 0.164 e. The summed E-state index contributed by atoms with van der Waals surface area (Å²) >= 11 is 0. The minimum absolute atomic E-state index is 0.630. The maximum atomic E-state index is 5.16. The Labute approximate surface area is 307 Å². The average molecular weight is 677 g/mol. The highest BCUT2D eigenvalue weighted by molar-refractivity contribution is 6.09. The molecule has 10 rings (SSSR count). The maximum Gasteiger partial charge on any atom is 0.164 e. The van der Waals surface area contributed by atoms with Crippen LogP contribution in [0.4, 0.5) is 0 Å². The first kappa shape index (κ1) is 30.6. The van der Waals surface area contributed by atoms with Gasteiger partial charge in [0.25, 0.3) is 0 Å². The van der Waals surface area contributed by atoms with E-state index in [0.717, 1.165) is 39.1 Å². The van der Waals surface area contributed by atoms with Crippen LogP contribution in [0.3, 0.4) is 0 Å². The van der Waals surface area contributed by atoms with Crippen molar-refractivity contribution in [2.45, 2.75) is 0 Å². The van der Waals surface area contributed by atoms with Crippen LogP contribution in [-0.2, 0) is 0 Å². The van der Waals surface area contributed by atoms with E-state index in [1.807, 2.05) is 30.3 Å². The first-order valence-corrected chi connectivity index (χ1v) is 17.9. The molecule has 0 aliphatic rings. The van der Waals surface area contributed by atoms with Gasteiger partial charge in [-0.3, -0.25) is 0 Å². The Hall–Kier alpha value is -7.17. The van der Waals surface area contributed by atoms with Gasteiger partial charge >= 0.3 is 0 Å². The summed E-state index contributed by atoms with van der Waals surface area (Å²) in [6, 6.07) is 68.1. The van der Waals surface area contributed by atoms with E-state index in [9.17, 15) is 0 Å². The third kappa shape index (κ3) is 5.54. The molecule has 53 heavy (non-hydrogen) atoms. The van der Waals surface area contributed by atoms with Crippen molar-refractivity contribution in [1.29, 1.82) is 0 Å². The Morgan fingerprint density at radius 1 is 0.302 bits per heavy atom. The first-order valence-electron chi connectivity index (χ1n) is 17.9. The lowest BCUT2D eigenvalue weighted by atomic mass is 9.98. The molecule has 0 atom stereocenters. The van der Waals surface area contributed by atoms with E-state index in [1.54, 1.807) is 0 Å². The second kappa shape index (κ2) is 12.9. The second-order valence-electron chi connectivity index (χ2n) is 13.3. The number of rotatable bonds is 6. The molecule has 0 unspecified atom stereocenters. The number of hydrogen-bond donors (Lipinski definition) is 0. The van der Waals surface area contributed by atoms with Gasteiger partial charge in [0.1, 0.15) is 0 Å². The molecule has 0 N–H and O–H groups in total. The van der Waals surface area contributed by atoms with Crippen LogP contribution < -0.4 is 0 Å². The van der Waals surface area contributed by atoms with Gasteiger partial charge in [-0.1, -0.05) is 164 Å². The highest BCUT2D eigenvalue weighted by Gasteiger charge is 2.17. The molecule has 0 bridgehead atoms. The van der Waals surface area contributed by atoms with Gasteiger partial charge in [0, 0.05) is 33.2 Å². The number of benzene rings is 8. The first-order chi connectivity index (χ1) is 26.3. The van der Waals surface area contributed by atoms with Gasteiger partial charge in [-0.2, -0.15) is 0 Å². The summed E-state index contributed by atoms with van der Waals surface area (Å²) < 4.78 is 2.35. The highest BCUT2D eigenvalue weighted by atomic mass is 15.0. The van der Waals surface area contributed by atoms with E-state index in [4.69, 9.17) is 15.0 Å². The lowest BCUT2D eigenvalue weighted by Gasteiger charge is -2.14. The summed E-state index contributed by atoms with van der Waals surface area (Å²) in [5.41, 5.74) is 10.7. The molecule has 2 heterocycles. The van der Waals surface area contributed by atoms with Crippen molar-refractivity contribution in [3.8, 4) is 62.1 Å². The monoisotopic (exact) mass is 676 g/mol. The largest absolute Gasteiger partial charge is 0.309 e. The highest BCUT2D eigenvalue weighted by Crippen LogP contribution is 2.36. The lowest BCUT2D eigenvalue weighted by Crippen LogP contribution is -2.01. The van der Waals surface area contributed by atoms with E-state index in [-0.39, 0.29) is 0 Å². The Balaban J connectivity index is 1.09. The van der Waals surface area contributed by atoms with Crippen LogP contribution >= 0.6 is 0 Å². The summed E-state index contributed by atoms with van der Waals surface area (Å²) in [6.45, 7) is 0. The molecule has 0 aliphatic carbocycles. The average Bonchev–Trinajstić information content (AvgIpc) is 3.58. The van der Waals surface area contributed by atoms with Crippen LogP contribution in [0, 0.1) is 0 Å². The number of fused-ring (bicyclic) bond motifs is 4. The number of nitrogens with zero attached hydrogens (tertiary/aromatic N) is 4. The molecular formula is C49H32N4. The normalized spacial score (nSPS) is 11.4. The predicted molar refractivity (Wildman–Crippen MR) is 219 cm³/mol. The topological polar surface area (TPSA) is 43.6 Å². The zero-order valence-corrected chi connectivity index (χ0v) is 28.8. The fourth-order valence-electron chi connectivity index (χ4n) is 7.47. The van der Waals surface area contributed by atoms with Crippen LogP contribution in [0.2, 0.25) is 0 Å². The Morgan fingerprint density at radius 2 is 0.830 bits per heavy atom. The van der Waals surface area contributed by atoms with Crippen molar-refractivity contribution in [3.63, 3.8) is 0 Å². The summed E-state index contributed by atoms with van der Waals surface area (Å²) in [7, 11) is 0. The Bertz CT molecular complexity index is 2890. The number of para-hydroxylation sites is 2. The number of hydrogen-bond acceptors (Lipinski definition) is 3. The molecular weight excluding hydrogens is 645 g/mol. The van der Waals surface area contributed by atoms with Crippen molar-refractivity contribution in [2.75, 3.05) is 0 Å². The van der Waals surface area contributed by atoms with E-state index < -0.39 is 0 Å². The molecule has 0 saturated heterocycles. The standard InChI is InChI=1S/C49H32N4/c1-2-14-35(15-3-1)47-50-48(36-28-25-34(26-29-36)38-30-27-33-13-4-5-16-37(33)31-38)52-49(51-47)44-22-7-6-19-41(44)39-17-12-18-40(32-39)53-45-23-10-8-20-42(45)43-21-9-11-24-46(43)53/h1-32H. The Kier molecular flexibility index (Phi) is 7.43. The molecule has 8 aromatic carbocycles. The van der Waals surface area contributed by atoms with Gasteiger partial charge in [0.15, 0.2) is 17.5 Å². The molecule has 0 fully saturated rings. The molecule has 2 aromatic heterocycles. The van der Waals surface area contributed by atoms with Gasteiger partial charge in [-0.25, -0.2) is 15.0 Å². The van der Waals surface area contributed by atoms with Gasteiger partial charge in [-0.15, -0.1) is 0 Å². The maximum absolute atomic E-state index is 5.16. The second-order valence-corrected chi connectivity index (χ2v) is 13.3. The third-order valence-electron chi connectivity index (χ3n) is 10.1. The van der Waals surface area contributed by atoms with Crippen LogP contribution in [0.1, 0.15) is 0 Å². The van der Waals surface area contributed by atoms with E-state index in [2.05, 4.69) is 168 Å². The van der Waals surface area contributed by atoms with Crippen LogP contribution in [-0.4, -0.2) is 19.5 Å². The van der Waals surface area contributed by atoms with Gasteiger partial charge in [0.2, 0.25) is 0 Å². The summed E-state index contributed by atoms with van der Waals surface area (Å²) in [5.74, 6) is 1.90. The summed E-state index contributed by atoms with van der Waals surface area (Å²) in [5, 5.41) is 4.94.